The minimum atomic E-state index is -0.256. The molecule has 2 aromatic rings. The molecular weight excluding hydrogens is 272 g/mol. The van der Waals surface area contributed by atoms with Gasteiger partial charge in [-0.2, -0.15) is 0 Å². The highest BCUT2D eigenvalue weighted by molar-refractivity contribution is 5.98. The van der Waals surface area contributed by atoms with Crippen molar-refractivity contribution in [2.45, 2.75) is 6.54 Å². The zero-order valence-electron chi connectivity index (χ0n) is 11.1. The van der Waals surface area contributed by atoms with Gasteiger partial charge >= 0.3 is 0 Å². The number of carbonyl (C=O) groups excluding carboxylic acids is 1. The molecule has 2 heterocycles. The first kappa shape index (κ1) is 13.2. The SMILES string of the molecule is NNc1ncccc1C(=O)NCc1ccc2c(c1)OCO2. The number of ether oxygens (including phenoxy) is 2. The maximum Gasteiger partial charge on any atom is 0.255 e. The molecule has 0 fully saturated rings. The number of nitrogen functional groups attached to an aromatic ring is 1. The fraction of sp³-hybridized carbons (Fsp3) is 0.143. The number of aromatic nitrogens is 1. The molecule has 1 aliphatic heterocycles. The molecule has 0 atom stereocenters. The highest BCUT2D eigenvalue weighted by Gasteiger charge is 2.14. The Morgan fingerprint density at radius 2 is 2.14 bits per heavy atom. The summed E-state index contributed by atoms with van der Waals surface area (Å²) >= 11 is 0. The van der Waals surface area contributed by atoms with Crippen molar-refractivity contribution >= 4 is 11.7 Å². The largest absolute Gasteiger partial charge is 0.454 e. The van der Waals surface area contributed by atoms with Gasteiger partial charge in [-0.3, -0.25) is 4.79 Å². The molecular formula is C14H14N4O3. The van der Waals surface area contributed by atoms with Crippen molar-refractivity contribution in [3.05, 3.63) is 47.7 Å². The lowest BCUT2D eigenvalue weighted by molar-refractivity contribution is 0.0951. The van der Waals surface area contributed by atoms with Crippen LogP contribution in [-0.4, -0.2) is 17.7 Å². The van der Waals surface area contributed by atoms with E-state index in [9.17, 15) is 4.79 Å². The molecule has 0 bridgehead atoms. The van der Waals surface area contributed by atoms with E-state index in [4.69, 9.17) is 15.3 Å². The second-order valence-electron chi connectivity index (χ2n) is 4.41. The Kier molecular flexibility index (Phi) is 3.57. The second kappa shape index (κ2) is 5.68. The molecule has 1 aromatic heterocycles. The topological polar surface area (TPSA) is 98.5 Å². The van der Waals surface area contributed by atoms with Crippen molar-refractivity contribution in [1.29, 1.82) is 0 Å². The van der Waals surface area contributed by atoms with Gasteiger partial charge in [0.15, 0.2) is 17.3 Å². The van der Waals surface area contributed by atoms with E-state index < -0.39 is 0 Å². The van der Waals surface area contributed by atoms with Crippen molar-refractivity contribution in [2.75, 3.05) is 12.2 Å². The summed E-state index contributed by atoms with van der Waals surface area (Å²) in [4.78, 5) is 16.1. The Morgan fingerprint density at radius 1 is 1.29 bits per heavy atom. The summed E-state index contributed by atoms with van der Waals surface area (Å²) in [6, 6.07) is 8.86. The number of nitrogens with zero attached hydrogens (tertiary/aromatic N) is 1. The van der Waals surface area contributed by atoms with E-state index in [0.29, 0.717) is 29.4 Å². The summed E-state index contributed by atoms with van der Waals surface area (Å²) in [5.74, 6) is 6.81. The van der Waals surface area contributed by atoms with Crippen LogP contribution in [-0.2, 0) is 6.54 Å². The summed E-state index contributed by atoms with van der Waals surface area (Å²) in [7, 11) is 0. The number of amides is 1. The van der Waals surface area contributed by atoms with Crippen molar-refractivity contribution in [3.8, 4) is 11.5 Å². The number of nitrogens with one attached hydrogen (secondary N) is 2. The maximum absolute atomic E-state index is 12.1. The molecule has 4 N–H and O–H groups in total. The van der Waals surface area contributed by atoms with E-state index in [2.05, 4.69) is 15.7 Å². The fourth-order valence-corrected chi connectivity index (χ4v) is 2.03. The first-order valence-corrected chi connectivity index (χ1v) is 6.36. The van der Waals surface area contributed by atoms with Gasteiger partial charge in [-0.25, -0.2) is 10.8 Å². The monoisotopic (exact) mass is 286 g/mol. The molecule has 1 aromatic carbocycles. The van der Waals surface area contributed by atoms with Gasteiger partial charge in [0.25, 0.3) is 5.91 Å². The van der Waals surface area contributed by atoms with E-state index >= 15 is 0 Å². The number of anilines is 1. The number of fused-ring (bicyclic) bond motifs is 1. The number of nitrogens with two attached hydrogens (primary N) is 1. The van der Waals surface area contributed by atoms with Gasteiger partial charge in [0.2, 0.25) is 6.79 Å². The summed E-state index contributed by atoms with van der Waals surface area (Å²) in [5.41, 5.74) is 3.71. The summed E-state index contributed by atoms with van der Waals surface area (Å²) < 4.78 is 10.5. The van der Waals surface area contributed by atoms with Gasteiger partial charge < -0.3 is 20.2 Å². The quantitative estimate of drug-likeness (QED) is 0.573. The van der Waals surface area contributed by atoms with Crippen LogP contribution in [0.25, 0.3) is 0 Å². The number of carbonyl (C=O) groups is 1. The first-order valence-electron chi connectivity index (χ1n) is 6.36. The molecule has 108 valence electrons. The predicted molar refractivity (Wildman–Crippen MR) is 75.8 cm³/mol. The first-order chi connectivity index (χ1) is 10.3. The van der Waals surface area contributed by atoms with Crippen LogP contribution >= 0.6 is 0 Å². The molecule has 7 heteroatoms. The van der Waals surface area contributed by atoms with Crippen molar-refractivity contribution < 1.29 is 14.3 Å². The Labute approximate surface area is 121 Å². The highest BCUT2D eigenvalue weighted by atomic mass is 16.7. The van der Waals surface area contributed by atoms with Gasteiger partial charge in [0.05, 0.1) is 5.56 Å². The van der Waals surface area contributed by atoms with Crippen LogP contribution in [0.5, 0.6) is 11.5 Å². The van der Waals surface area contributed by atoms with E-state index in [1.54, 1.807) is 18.3 Å². The molecule has 1 aliphatic rings. The number of pyridine rings is 1. The van der Waals surface area contributed by atoms with E-state index in [1.165, 1.54) is 0 Å². The molecule has 0 spiro atoms. The smallest absolute Gasteiger partial charge is 0.255 e. The van der Waals surface area contributed by atoms with Crippen molar-refractivity contribution in [2.24, 2.45) is 5.84 Å². The van der Waals surface area contributed by atoms with Gasteiger partial charge in [-0.05, 0) is 29.8 Å². The van der Waals surface area contributed by atoms with Crippen LogP contribution in [0.2, 0.25) is 0 Å². The lowest BCUT2D eigenvalue weighted by atomic mass is 10.2. The molecule has 0 saturated heterocycles. The Balaban J connectivity index is 1.68. The van der Waals surface area contributed by atoms with E-state index in [1.807, 2.05) is 18.2 Å². The number of hydrogen-bond donors (Lipinski definition) is 3. The minimum absolute atomic E-state index is 0.229. The van der Waals surface area contributed by atoms with E-state index in [-0.39, 0.29) is 12.7 Å². The lowest BCUT2D eigenvalue weighted by Gasteiger charge is -2.09. The number of hydrogen-bond acceptors (Lipinski definition) is 6. The third-order valence-corrected chi connectivity index (χ3v) is 3.08. The normalized spacial score (nSPS) is 12.0. The van der Waals surface area contributed by atoms with Crippen LogP contribution in [0.3, 0.4) is 0 Å². The molecule has 0 radical (unpaired) electrons. The van der Waals surface area contributed by atoms with Gasteiger partial charge in [-0.1, -0.05) is 6.07 Å². The van der Waals surface area contributed by atoms with Crippen LogP contribution in [0.15, 0.2) is 36.5 Å². The molecule has 0 unspecified atom stereocenters. The van der Waals surface area contributed by atoms with E-state index in [0.717, 1.165) is 5.56 Å². The standard InChI is InChI=1S/C14H14N4O3/c15-18-13-10(2-1-5-16-13)14(19)17-7-9-3-4-11-12(6-9)21-8-20-11/h1-6H,7-8,15H2,(H,16,18)(H,17,19). The predicted octanol–water partition coefficient (Wildman–Crippen LogP) is 1.03. The molecule has 7 nitrogen and oxygen atoms in total. The zero-order chi connectivity index (χ0) is 14.7. The lowest BCUT2D eigenvalue weighted by Crippen LogP contribution is -2.25. The number of benzene rings is 1. The van der Waals surface area contributed by atoms with Crippen LogP contribution in [0.1, 0.15) is 15.9 Å². The molecule has 0 saturated carbocycles. The third-order valence-electron chi connectivity index (χ3n) is 3.08. The average molecular weight is 286 g/mol. The van der Waals surface area contributed by atoms with Gasteiger partial charge in [-0.15, -0.1) is 0 Å². The average Bonchev–Trinajstić information content (AvgIpc) is 3.00. The summed E-state index contributed by atoms with van der Waals surface area (Å²) in [6.45, 7) is 0.598. The maximum atomic E-state index is 12.1. The Hall–Kier alpha value is -2.80. The Bertz CT molecular complexity index is 675. The fourth-order valence-electron chi connectivity index (χ4n) is 2.03. The van der Waals surface area contributed by atoms with Crippen LogP contribution in [0.4, 0.5) is 5.82 Å². The van der Waals surface area contributed by atoms with Crippen LogP contribution < -0.4 is 26.1 Å². The Morgan fingerprint density at radius 3 is 3.00 bits per heavy atom. The summed E-state index contributed by atoms with van der Waals surface area (Å²) in [5, 5.41) is 2.81. The van der Waals surface area contributed by atoms with Crippen molar-refractivity contribution in [3.63, 3.8) is 0 Å². The summed E-state index contributed by atoms with van der Waals surface area (Å²) in [6.07, 6.45) is 1.56. The van der Waals surface area contributed by atoms with Gasteiger partial charge in [0, 0.05) is 12.7 Å². The van der Waals surface area contributed by atoms with Crippen LogP contribution in [0, 0.1) is 0 Å². The number of hydrazine groups is 1. The molecule has 3 rings (SSSR count). The van der Waals surface area contributed by atoms with Gasteiger partial charge in [0.1, 0.15) is 0 Å². The number of rotatable bonds is 4. The third kappa shape index (κ3) is 2.72. The molecule has 21 heavy (non-hydrogen) atoms. The molecule has 1 amide bonds. The highest BCUT2D eigenvalue weighted by Crippen LogP contribution is 2.32. The minimum Gasteiger partial charge on any atom is -0.454 e. The molecule has 0 aliphatic carbocycles. The second-order valence-corrected chi connectivity index (χ2v) is 4.41. The zero-order valence-corrected chi connectivity index (χ0v) is 11.1. The van der Waals surface area contributed by atoms with Crippen molar-refractivity contribution in [1.82, 2.24) is 10.3 Å².